The van der Waals surface area contributed by atoms with Gasteiger partial charge in [-0.05, 0) is 43.0 Å². The highest BCUT2D eigenvalue weighted by Crippen LogP contribution is 2.31. The predicted octanol–water partition coefficient (Wildman–Crippen LogP) is 3.52. The Morgan fingerprint density at radius 3 is 2.62 bits per heavy atom. The lowest BCUT2D eigenvalue weighted by Crippen LogP contribution is -2.46. The van der Waals surface area contributed by atoms with E-state index in [2.05, 4.69) is 18.7 Å². The van der Waals surface area contributed by atoms with Crippen LogP contribution in [0.15, 0.2) is 18.2 Å². The molecule has 1 heterocycles. The van der Waals surface area contributed by atoms with E-state index in [4.69, 9.17) is 5.73 Å². The molecule has 1 aliphatic heterocycles. The van der Waals surface area contributed by atoms with Gasteiger partial charge in [0.2, 0.25) is 0 Å². The van der Waals surface area contributed by atoms with Crippen molar-refractivity contribution in [1.29, 1.82) is 0 Å². The molecule has 1 saturated heterocycles. The molecule has 1 fully saturated rings. The second-order valence-corrected chi connectivity index (χ2v) is 6.47. The first-order chi connectivity index (χ1) is 10.0. The minimum Gasteiger partial charge on any atom is -0.330 e. The molecule has 0 aromatic heterocycles. The summed E-state index contributed by atoms with van der Waals surface area (Å²) in [6, 6.07) is 4.53. The minimum absolute atomic E-state index is 0.0687. The van der Waals surface area contributed by atoms with Gasteiger partial charge in [0.1, 0.15) is 0 Å². The van der Waals surface area contributed by atoms with Crippen LogP contribution in [0, 0.1) is 17.6 Å². The van der Waals surface area contributed by atoms with E-state index in [1.54, 1.807) is 6.07 Å². The molecular formula is C17H26F2N2. The summed E-state index contributed by atoms with van der Waals surface area (Å²) in [6.07, 6.45) is 3.46. The number of halogens is 2. The maximum atomic E-state index is 13.5. The van der Waals surface area contributed by atoms with Crippen molar-refractivity contribution >= 4 is 0 Å². The van der Waals surface area contributed by atoms with Gasteiger partial charge in [-0.2, -0.15) is 0 Å². The van der Waals surface area contributed by atoms with Gasteiger partial charge in [0.25, 0.3) is 0 Å². The Bertz CT molecular complexity index is 462. The molecule has 2 rings (SSSR count). The summed E-state index contributed by atoms with van der Waals surface area (Å²) in [7, 11) is 0. The van der Waals surface area contributed by atoms with E-state index in [1.165, 1.54) is 25.0 Å². The second-order valence-electron chi connectivity index (χ2n) is 6.47. The molecule has 0 radical (unpaired) electrons. The van der Waals surface area contributed by atoms with Gasteiger partial charge in [-0.15, -0.1) is 0 Å². The van der Waals surface area contributed by atoms with Crippen molar-refractivity contribution in [3.05, 3.63) is 35.4 Å². The molecule has 0 saturated carbocycles. The highest BCUT2D eigenvalue weighted by Gasteiger charge is 2.30. The highest BCUT2D eigenvalue weighted by atomic mass is 19.2. The lowest BCUT2D eigenvalue weighted by molar-refractivity contribution is 0.112. The fourth-order valence-corrected chi connectivity index (χ4v) is 3.43. The zero-order valence-corrected chi connectivity index (χ0v) is 13.0. The van der Waals surface area contributed by atoms with Crippen molar-refractivity contribution in [3.63, 3.8) is 0 Å². The normalized spacial score (nSPS) is 21.7. The van der Waals surface area contributed by atoms with Gasteiger partial charge in [0, 0.05) is 25.0 Å². The van der Waals surface area contributed by atoms with E-state index in [0.29, 0.717) is 18.5 Å². The summed E-state index contributed by atoms with van der Waals surface area (Å²) in [5.41, 5.74) is 6.79. The lowest BCUT2D eigenvalue weighted by Gasteiger charge is -2.41. The molecular weight excluding hydrogens is 270 g/mol. The zero-order valence-electron chi connectivity index (χ0n) is 13.0. The van der Waals surface area contributed by atoms with E-state index >= 15 is 0 Å². The molecule has 2 atom stereocenters. The van der Waals surface area contributed by atoms with Crippen LogP contribution in [0.4, 0.5) is 8.78 Å². The van der Waals surface area contributed by atoms with Crippen LogP contribution >= 0.6 is 0 Å². The number of benzene rings is 1. The first kappa shape index (κ1) is 16.4. The Morgan fingerprint density at radius 2 is 2.00 bits per heavy atom. The van der Waals surface area contributed by atoms with Gasteiger partial charge in [0.15, 0.2) is 11.6 Å². The topological polar surface area (TPSA) is 29.3 Å². The fourth-order valence-electron chi connectivity index (χ4n) is 3.43. The number of likely N-dealkylation sites (tertiary alicyclic amines) is 1. The van der Waals surface area contributed by atoms with E-state index in [-0.39, 0.29) is 5.92 Å². The van der Waals surface area contributed by atoms with Gasteiger partial charge >= 0.3 is 0 Å². The van der Waals surface area contributed by atoms with Crippen LogP contribution in [0.3, 0.4) is 0 Å². The van der Waals surface area contributed by atoms with Gasteiger partial charge in [-0.25, -0.2) is 8.78 Å². The summed E-state index contributed by atoms with van der Waals surface area (Å²) in [5.74, 6) is -0.914. The fraction of sp³-hybridized carbons (Fsp3) is 0.647. The molecule has 0 amide bonds. The molecule has 21 heavy (non-hydrogen) atoms. The third-order valence-corrected chi connectivity index (χ3v) is 4.35. The summed E-state index contributed by atoms with van der Waals surface area (Å²) in [6.45, 7) is 6.99. The van der Waals surface area contributed by atoms with E-state index in [0.717, 1.165) is 25.1 Å². The van der Waals surface area contributed by atoms with Crippen molar-refractivity contribution < 1.29 is 8.78 Å². The van der Waals surface area contributed by atoms with Crippen LogP contribution in [0.5, 0.6) is 0 Å². The van der Waals surface area contributed by atoms with Crippen molar-refractivity contribution in [3.8, 4) is 0 Å². The Kier molecular flexibility index (Phi) is 5.71. The summed E-state index contributed by atoms with van der Waals surface area (Å²) >= 11 is 0. The van der Waals surface area contributed by atoms with Crippen LogP contribution in [0.25, 0.3) is 0 Å². The van der Waals surface area contributed by atoms with Crippen molar-refractivity contribution in [2.24, 2.45) is 11.7 Å². The average molecular weight is 296 g/mol. The van der Waals surface area contributed by atoms with Crippen molar-refractivity contribution in [1.82, 2.24) is 4.90 Å². The quantitative estimate of drug-likeness (QED) is 0.901. The number of hydrogen-bond donors (Lipinski definition) is 1. The molecule has 0 bridgehead atoms. The summed E-state index contributed by atoms with van der Waals surface area (Å²) in [4.78, 5) is 2.48. The Morgan fingerprint density at radius 1 is 1.24 bits per heavy atom. The van der Waals surface area contributed by atoms with E-state index < -0.39 is 11.6 Å². The highest BCUT2D eigenvalue weighted by molar-refractivity contribution is 5.24. The van der Waals surface area contributed by atoms with Gasteiger partial charge in [-0.1, -0.05) is 26.3 Å². The van der Waals surface area contributed by atoms with Gasteiger partial charge in [0.05, 0.1) is 0 Å². The third-order valence-electron chi connectivity index (χ3n) is 4.35. The van der Waals surface area contributed by atoms with Crippen LogP contribution in [-0.2, 0) is 0 Å². The average Bonchev–Trinajstić information content (AvgIpc) is 2.44. The standard InChI is InChI=1S/C17H26F2N2/c1-12(2)11-21-8-4-3-5-17(21)14(10-20)13-6-7-15(18)16(19)9-13/h6-7,9,12,14,17H,3-5,8,10-11,20H2,1-2H3. The first-order valence-electron chi connectivity index (χ1n) is 7.92. The lowest BCUT2D eigenvalue weighted by atomic mass is 9.84. The molecule has 2 N–H and O–H groups in total. The van der Waals surface area contributed by atoms with Gasteiger partial charge in [-0.3, -0.25) is 4.90 Å². The molecule has 0 aliphatic carbocycles. The minimum atomic E-state index is -0.794. The third kappa shape index (κ3) is 4.01. The van der Waals surface area contributed by atoms with E-state index in [1.807, 2.05) is 0 Å². The zero-order chi connectivity index (χ0) is 15.4. The second kappa shape index (κ2) is 7.32. The summed E-state index contributed by atoms with van der Waals surface area (Å²) < 4.78 is 26.7. The molecule has 0 spiro atoms. The first-order valence-corrected chi connectivity index (χ1v) is 7.92. The summed E-state index contributed by atoms with van der Waals surface area (Å²) in [5, 5.41) is 0. The molecule has 2 unspecified atom stereocenters. The number of nitrogens with two attached hydrogens (primary N) is 1. The maximum absolute atomic E-state index is 13.5. The van der Waals surface area contributed by atoms with Crippen LogP contribution in [0.1, 0.15) is 44.6 Å². The molecule has 1 aromatic rings. The monoisotopic (exact) mass is 296 g/mol. The van der Waals surface area contributed by atoms with Crippen molar-refractivity contribution in [2.75, 3.05) is 19.6 Å². The number of rotatable bonds is 5. The molecule has 1 aliphatic rings. The predicted molar refractivity (Wildman–Crippen MR) is 82.2 cm³/mol. The molecule has 4 heteroatoms. The number of nitrogens with zero attached hydrogens (tertiary/aromatic N) is 1. The van der Waals surface area contributed by atoms with Crippen LogP contribution < -0.4 is 5.73 Å². The van der Waals surface area contributed by atoms with Gasteiger partial charge < -0.3 is 5.73 Å². The molecule has 118 valence electrons. The Balaban J connectivity index is 2.22. The Hall–Kier alpha value is -1.00. The SMILES string of the molecule is CC(C)CN1CCCCC1C(CN)c1ccc(F)c(F)c1. The Labute approximate surface area is 126 Å². The smallest absolute Gasteiger partial charge is 0.159 e. The number of hydrogen-bond acceptors (Lipinski definition) is 2. The molecule has 1 aromatic carbocycles. The van der Waals surface area contributed by atoms with Crippen LogP contribution in [0.2, 0.25) is 0 Å². The number of piperidine rings is 1. The van der Waals surface area contributed by atoms with Crippen LogP contribution in [-0.4, -0.2) is 30.6 Å². The van der Waals surface area contributed by atoms with Crippen molar-refractivity contribution in [2.45, 2.75) is 45.1 Å². The van der Waals surface area contributed by atoms with E-state index in [9.17, 15) is 8.78 Å². The maximum Gasteiger partial charge on any atom is 0.159 e. The molecule has 2 nitrogen and oxygen atoms in total. The largest absolute Gasteiger partial charge is 0.330 e.